The number of hydrogen-bond acceptors (Lipinski definition) is 6. The van der Waals surface area contributed by atoms with Gasteiger partial charge in [0.1, 0.15) is 0 Å². The van der Waals surface area contributed by atoms with E-state index in [9.17, 15) is 4.79 Å². The molecule has 1 N–H and O–H groups in total. The van der Waals surface area contributed by atoms with Crippen molar-refractivity contribution in [1.29, 1.82) is 0 Å². The molecule has 1 saturated heterocycles. The van der Waals surface area contributed by atoms with Crippen LogP contribution in [0.5, 0.6) is 11.5 Å². The Labute approximate surface area is 179 Å². The number of hydrogen-bond donors (Lipinski definition) is 1. The van der Waals surface area contributed by atoms with Crippen LogP contribution in [-0.4, -0.2) is 30.8 Å². The van der Waals surface area contributed by atoms with E-state index < -0.39 is 0 Å². The molecule has 5 rings (SSSR count). The van der Waals surface area contributed by atoms with E-state index in [4.69, 9.17) is 14.5 Å². The number of nitrogens with zero attached hydrogens (tertiary/aromatic N) is 2. The van der Waals surface area contributed by atoms with Gasteiger partial charge in [0.15, 0.2) is 16.6 Å². The number of piperidine rings is 1. The Morgan fingerprint density at radius 1 is 1.13 bits per heavy atom. The third-order valence-electron chi connectivity index (χ3n) is 5.89. The second-order valence-corrected chi connectivity index (χ2v) is 8.83. The number of thiazole rings is 1. The second kappa shape index (κ2) is 8.14. The molecule has 0 aliphatic carbocycles. The fourth-order valence-corrected chi connectivity index (χ4v) is 5.11. The zero-order valence-electron chi connectivity index (χ0n) is 17.0. The summed E-state index contributed by atoms with van der Waals surface area (Å²) >= 11 is 1.75. The van der Waals surface area contributed by atoms with Gasteiger partial charge in [-0.25, -0.2) is 4.98 Å². The van der Waals surface area contributed by atoms with Crippen LogP contribution in [0, 0.1) is 5.92 Å². The highest BCUT2D eigenvalue weighted by Gasteiger charge is 2.26. The van der Waals surface area contributed by atoms with Crippen molar-refractivity contribution in [3.05, 3.63) is 47.5 Å². The monoisotopic (exact) mass is 423 g/mol. The van der Waals surface area contributed by atoms with Crippen LogP contribution in [-0.2, 0) is 17.8 Å². The van der Waals surface area contributed by atoms with Gasteiger partial charge < -0.3 is 19.7 Å². The standard InChI is InChI=1S/C23H25N3O3S/c1-2-15-3-5-18-21(12-15)30-23(25-18)26-9-7-17(8-10-26)22(27)24-13-16-4-6-19-20(11-16)29-14-28-19/h3-6,11-12,17H,2,7-10,13-14H2,1H3,(H,24,27). The zero-order chi connectivity index (χ0) is 20.5. The maximum Gasteiger partial charge on any atom is 0.231 e. The van der Waals surface area contributed by atoms with Crippen LogP contribution in [0.25, 0.3) is 10.2 Å². The number of aromatic nitrogens is 1. The molecule has 0 unspecified atom stereocenters. The van der Waals surface area contributed by atoms with E-state index in [1.165, 1.54) is 10.3 Å². The molecule has 6 nitrogen and oxygen atoms in total. The topological polar surface area (TPSA) is 63.7 Å². The van der Waals surface area contributed by atoms with Gasteiger partial charge in [0.05, 0.1) is 10.2 Å². The highest BCUT2D eigenvalue weighted by molar-refractivity contribution is 7.22. The molecule has 3 aromatic rings. The van der Waals surface area contributed by atoms with Crippen LogP contribution < -0.4 is 19.7 Å². The molecule has 0 bridgehead atoms. The minimum atomic E-state index is 0.0522. The van der Waals surface area contributed by atoms with Crippen molar-refractivity contribution in [2.45, 2.75) is 32.7 Å². The minimum Gasteiger partial charge on any atom is -0.454 e. The average Bonchev–Trinajstić information content (AvgIpc) is 3.43. The van der Waals surface area contributed by atoms with Gasteiger partial charge in [0, 0.05) is 25.6 Å². The lowest BCUT2D eigenvalue weighted by atomic mass is 9.96. The van der Waals surface area contributed by atoms with Crippen LogP contribution in [0.4, 0.5) is 5.13 Å². The normalized spacial score (nSPS) is 16.2. The van der Waals surface area contributed by atoms with Crippen molar-refractivity contribution in [2.24, 2.45) is 5.92 Å². The quantitative estimate of drug-likeness (QED) is 0.669. The van der Waals surface area contributed by atoms with E-state index in [1.807, 2.05) is 18.2 Å². The van der Waals surface area contributed by atoms with Gasteiger partial charge in [0.2, 0.25) is 12.7 Å². The summed E-state index contributed by atoms with van der Waals surface area (Å²) in [5.74, 6) is 1.69. The summed E-state index contributed by atoms with van der Waals surface area (Å²) in [6.45, 7) is 4.67. The average molecular weight is 424 g/mol. The fourth-order valence-electron chi connectivity index (χ4n) is 4.03. The Balaban J connectivity index is 1.16. The minimum absolute atomic E-state index is 0.0522. The predicted molar refractivity (Wildman–Crippen MR) is 118 cm³/mol. The predicted octanol–water partition coefficient (Wildman–Crippen LogP) is 4.12. The summed E-state index contributed by atoms with van der Waals surface area (Å²) < 4.78 is 12.0. The number of amides is 1. The van der Waals surface area contributed by atoms with Crippen LogP contribution in [0.1, 0.15) is 30.9 Å². The number of aryl methyl sites for hydroxylation is 1. The number of fused-ring (bicyclic) bond motifs is 2. The molecule has 0 saturated carbocycles. The molecular weight excluding hydrogens is 398 g/mol. The smallest absolute Gasteiger partial charge is 0.231 e. The number of anilines is 1. The Morgan fingerprint density at radius 3 is 2.77 bits per heavy atom. The summed E-state index contributed by atoms with van der Waals surface area (Å²) in [5, 5.41) is 4.15. The van der Waals surface area contributed by atoms with E-state index >= 15 is 0 Å². The van der Waals surface area contributed by atoms with Gasteiger partial charge in [0.25, 0.3) is 0 Å². The molecule has 1 amide bonds. The van der Waals surface area contributed by atoms with E-state index in [0.717, 1.165) is 60.1 Å². The van der Waals surface area contributed by atoms with Crippen molar-refractivity contribution in [1.82, 2.24) is 10.3 Å². The Kier molecular flexibility index (Phi) is 5.21. The summed E-state index contributed by atoms with van der Waals surface area (Å²) in [6, 6.07) is 12.3. The van der Waals surface area contributed by atoms with Crippen LogP contribution in [0.15, 0.2) is 36.4 Å². The van der Waals surface area contributed by atoms with E-state index in [0.29, 0.717) is 6.54 Å². The number of benzene rings is 2. The van der Waals surface area contributed by atoms with Crippen molar-refractivity contribution in [3.8, 4) is 11.5 Å². The van der Waals surface area contributed by atoms with Crippen LogP contribution in [0.3, 0.4) is 0 Å². The van der Waals surface area contributed by atoms with Gasteiger partial charge in [-0.05, 0) is 54.7 Å². The van der Waals surface area contributed by atoms with Crippen molar-refractivity contribution >= 4 is 32.6 Å². The first-order chi connectivity index (χ1) is 14.7. The molecule has 7 heteroatoms. The lowest BCUT2D eigenvalue weighted by molar-refractivity contribution is -0.125. The Bertz CT molecular complexity index is 1070. The fraction of sp³-hybridized carbons (Fsp3) is 0.391. The van der Waals surface area contributed by atoms with Crippen molar-refractivity contribution < 1.29 is 14.3 Å². The number of carbonyl (C=O) groups is 1. The maximum atomic E-state index is 12.7. The Morgan fingerprint density at radius 2 is 1.93 bits per heavy atom. The summed E-state index contributed by atoms with van der Waals surface area (Å²) in [7, 11) is 0. The third kappa shape index (κ3) is 3.81. The van der Waals surface area contributed by atoms with Crippen molar-refractivity contribution in [2.75, 3.05) is 24.8 Å². The largest absolute Gasteiger partial charge is 0.454 e. The molecule has 1 aromatic heterocycles. The summed E-state index contributed by atoms with van der Waals surface area (Å²) in [4.78, 5) is 19.8. The molecule has 1 fully saturated rings. The lowest BCUT2D eigenvalue weighted by Gasteiger charge is -2.31. The first kappa shape index (κ1) is 19.2. The van der Waals surface area contributed by atoms with Gasteiger partial charge in [-0.3, -0.25) is 4.79 Å². The molecule has 3 heterocycles. The first-order valence-corrected chi connectivity index (χ1v) is 11.3. The first-order valence-electron chi connectivity index (χ1n) is 10.5. The molecule has 0 radical (unpaired) electrons. The zero-order valence-corrected chi connectivity index (χ0v) is 17.8. The van der Waals surface area contributed by atoms with E-state index in [2.05, 4.69) is 35.3 Å². The van der Waals surface area contributed by atoms with Crippen LogP contribution >= 0.6 is 11.3 Å². The van der Waals surface area contributed by atoms with E-state index in [-0.39, 0.29) is 18.6 Å². The molecule has 30 heavy (non-hydrogen) atoms. The molecule has 0 spiro atoms. The number of carbonyl (C=O) groups excluding carboxylic acids is 1. The third-order valence-corrected chi connectivity index (χ3v) is 6.97. The Hall–Kier alpha value is -2.80. The molecule has 2 aromatic carbocycles. The number of nitrogens with one attached hydrogen (secondary N) is 1. The molecular formula is C23H25N3O3S. The van der Waals surface area contributed by atoms with Crippen LogP contribution in [0.2, 0.25) is 0 Å². The van der Waals surface area contributed by atoms with Gasteiger partial charge >= 0.3 is 0 Å². The summed E-state index contributed by atoms with van der Waals surface area (Å²) in [5.41, 5.74) is 3.43. The SMILES string of the molecule is CCc1ccc2nc(N3CCC(C(=O)NCc4ccc5c(c4)OCO5)CC3)sc2c1. The highest BCUT2D eigenvalue weighted by atomic mass is 32.1. The van der Waals surface area contributed by atoms with Gasteiger partial charge in [-0.2, -0.15) is 0 Å². The molecule has 2 aliphatic heterocycles. The van der Waals surface area contributed by atoms with E-state index in [1.54, 1.807) is 11.3 Å². The van der Waals surface area contributed by atoms with Gasteiger partial charge in [-0.1, -0.05) is 30.4 Å². The lowest BCUT2D eigenvalue weighted by Crippen LogP contribution is -2.40. The maximum absolute atomic E-state index is 12.7. The summed E-state index contributed by atoms with van der Waals surface area (Å²) in [6.07, 6.45) is 2.74. The van der Waals surface area contributed by atoms with Gasteiger partial charge in [-0.15, -0.1) is 0 Å². The highest BCUT2D eigenvalue weighted by Crippen LogP contribution is 2.33. The molecule has 156 valence electrons. The second-order valence-electron chi connectivity index (χ2n) is 7.82. The molecule has 2 aliphatic rings. The molecule has 0 atom stereocenters. The van der Waals surface area contributed by atoms with Crippen molar-refractivity contribution in [3.63, 3.8) is 0 Å². The number of ether oxygens (including phenoxy) is 2. The number of rotatable bonds is 5.